The largest absolute Gasteiger partial charge is 0.460 e. The van der Waals surface area contributed by atoms with Crippen molar-refractivity contribution in [3.05, 3.63) is 71.5 Å². The van der Waals surface area contributed by atoms with Crippen LogP contribution in [0.2, 0.25) is 0 Å². The van der Waals surface area contributed by atoms with Gasteiger partial charge in [0.15, 0.2) is 0 Å². The Bertz CT molecular complexity index is 1260. The molecular weight excluding hydrogens is 438 g/mol. The van der Waals surface area contributed by atoms with Crippen LogP contribution in [-0.2, 0) is 17.9 Å². The Morgan fingerprint density at radius 3 is 2.54 bits per heavy atom. The average Bonchev–Trinajstić information content (AvgIpc) is 3.47. The fourth-order valence-electron chi connectivity index (χ4n) is 5.75. The van der Waals surface area contributed by atoms with Crippen LogP contribution in [0.3, 0.4) is 0 Å². The lowest BCUT2D eigenvalue weighted by Crippen LogP contribution is -2.50. The summed E-state index contributed by atoms with van der Waals surface area (Å²) in [4.78, 5) is 29.2. The van der Waals surface area contributed by atoms with Crippen molar-refractivity contribution in [1.82, 2.24) is 15.1 Å². The second-order valence-corrected chi connectivity index (χ2v) is 9.83. The Balaban J connectivity index is 1.42. The molecule has 35 heavy (non-hydrogen) atoms. The van der Waals surface area contributed by atoms with Gasteiger partial charge in [-0.05, 0) is 60.7 Å². The van der Waals surface area contributed by atoms with Crippen molar-refractivity contribution in [3.63, 3.8) is 0 Å². The minimum Gasteiger partial charge on any atom is -0.460 e. The molecule has 0 radical (unpaired) electrons. The molecule has 1 aromatic heterocycles. The van der Waals surface area contributed by atoms with Crippen molar-refractivity contribution in [2.45, 2.75) is 39.3 Å². The van der Waals surface area contributed by atoms with E-state index in [2.05, 4.69) is 35.3 Å². The summed E-state index contributed by atoms with van der Waals surface area (Å²) in [5.41, 5.74) is 4.67. The Morgan fingerprint density at radius 1 is 1.03 bits per heavy atom. The predicted octanol–water partition coefficient (Wildman–Crippen LogP) is 4.94. The number of fused-ring (bicyclic) bond motifs is 1. The number of amides is 2. The number of hydrogen-bond donors (Lipinski definition) is 1. The van der Waals surface area contributed by atoms with E-state index >= 15 is 0 Å². The van der Waals surface area contributed by atoms with Crippen molar-refractivity contribution < 1.29 is 14.0 Å². The van der Waals surface area contributed by atoms with Crippen LogP contribution in [0.4, 0.5) is 0 Å². The molecule has 6 nitrogen and oxygen atoms in total. The molecule has 5 rings (SSSR count). The first kappa shape index (κ1) is 23.4. The molecule has 0 spiro atoms. The smallest absolute Gasteiger partial charge is 0.254 e. The summed E-state index contributed by atoms with van der Waals surface area (Å²) < 4.78 is 6.37. The first-order chi connectivity index (χ1) is 17.0. The Labute approximate surface area is 206 Å². The molecule has 1 unspecified atom stereocenters. The van der Waals surface area contributed by atoms with E-state index in [0.29, 0.717) is 13.1 Å². The summed E-state index contributed by atoms with van der Waals surface area (Å²) in [6, 6.07) is 18.2. The quantitative estimate of drug-likeness (QED) is 0.553. The van der Waals surface area contributed by atoms with Gasteiger partial charge in [-0.15, -0.1) is 0 Å². The van der Waals surface area contributed by atoms with Crippen molar-refractivity contribution in [2.75, 3.05) is 27.2 Å². The summed E-state index contributed by atoms with van der Waals surface area (Å²) in [5.74, 6) is 1.92. The summed E-state index contributed by atoms with van der Waals surface area (Å²) in [7, 11) is 3.57. The number of furan rings is 1. The number of hydrogen-bond acceptors (Lipinski definition) is 4. The zero-order valence-corrected chi connectivity index (χ0v) is 20.8. The van der Waals surface area contributed by atoms with E-state index in [0.717, 1.165) is 71.7 Å². The fourth-order valence-corrected chi connectivity index (χ4v) is 5.75. The molecule has 3 aromatic rings. The lowest BCUT2D eigenvalue weighted by Gasteiger charge is -2.40. The summed E-state index contributed by atoms with van der Waals surface area (Å²) in [5, 5.41) is 2.87. The third-order valence-electron chi connectivity index (χ3n) is 7.71. The van der Waals surface area contributed by atoms with Gasteiger partial charge in [0.2, 0.25) is 5.91 Å². The Kier molecular flexibility index (Phi) is 6.24. The van der Waals surface area contributed by atoms with Crippen molar-refractivity contribution in [2.24, 2.45) is 5.41 Å². The highest BCUT2D eigenvalue weighted by molar-refractivity contribution is 6.01. The molecule has 0 aliphatic carbocycles. The van der Waals surface area contributed by atoms with Gasteiger partial charge in [0.05, 0.1) is 12.0 Å². The van der Waals surface area contributed by atoms with Gasteiger partial charge in [-0.1, -0.05) is 43.3 Å². The first-order valence-corrected chi connectivity index (χ1v) is 12.5. The third-order valence-corrected chi connectivity index (χ3v) is 7.71. The Hall–Kier alpha value is -3.38. The summed E-state index contributed by atoms with van der Waals surface area (Å²) in [6.07, 6.45) is 2.76. The van der Waals surface area contributed by atoms with Crippen molar-refractivity contribution in [3.8, 4) is 22.5 Å². The van der Waals surface area contributed by atoms with E-state index < -0.39 is 0 Å². The van der Waals surface area contributed by atoms with Crippen LogP contribution < -0.4 is 5.32 Å². The van der Waals surface area contributed by atoms with E-state index in [1.54, 1.807) is 11.9 Å². The second kappa shape index (κ2) is 9.34. The van der Waals surface area contributed by atoms with Crippen LogP contribution in [-0.4, -0.2) is 48.8 Å². The van der Waals surface area contributed by atoms with Gasteiger partial charge >= 0.3 is 0 Å². The lowest BCUT2D eigenvalue weighted by molar-refractivity contribution is -0.134. The molecule has 2 aliphatic rings. The zero-order valence-electron chi connectivity index (χ0n) is 20.8. The maximum absolute atomic E-state index is 12.6. The molecule has 1 fully saturated rings. The predicted molar refractivity (Wildman–Crippen MR) is 137 cm³/mol. The van der Waals surface area contributed by atoms with Gasteiger partial charge in [-0.3, -0.25) is 14.5 Å². The first-order valence-electron chi connectivity index (χ1n) is 12.5. The van der Waals surface area contributed by atoms with Crippen molar-refractivity contribution in [1.29, 1.82) is 0 Å². The summed E-state index contributed by atoms with van der Waals surface area (Å²) >= 11 is 0. The molecule has 182 valence electrons. The van der Waals surface area contributed by atoms with E-state index in [9.17, 15) is 9.59 Å². The molecule has 3 heterocycles. The number of carbonyl (C=O) groups is 2. The molecule has 1 N–H and O–H groups in total. The van der Waals surface area contributed by atoms with Crippen LogP contribution in [0.5, 0.6) is 0 Å². The lowest BCUT2D eigenvalue weighted by atomic mass is 9.76. The Morgan fingerprint density at radius 2 is 1.77 bits per heavy atom. The van der Waals surface area contributed by atoms with Crippen LogP contribution >= 0.6 is 0 Å². The van der Waals surface area contributed by atoms with Crippen molar-refractivity contribution >= 4 is 11.8 Å². The highest BCUT2D eigenvalue weighted by Gasteiger charge is 2.40. The number of piperidine rings is 1. The maximum Gasteiger partial charge on any atom is 0.254 e. The van der Waals surface area contributed by atoms with E-state index in [1.807, 2.05) is 43.4 Å². The second-order valence-electron chi connectivity index (χ2n) is 9.83. The molecular formula is C29H33N3O3. The van der Waals surface area contributed by atoms with Gasteiger partial charge < -0.3 is 14.6 Å². The number of likely N-dealkylation sites (tertiary alicyclic amines) is 1. The fraction of sp³-hybridized carbons (Fsp3) is 0.379. The highest BCUT2D eigenvalue weighted by atomic mass is 16.3. The average molecular weight is 472 g/mol. The number of nitrogens with one attached hydrogen (secondary N) is 1. The highest BCUT2D eigenvalue weighted by Crippen LogP contribution is 2.39. The summed E-state index contributed by atoms with van der Waals surface area (Å²) in [6.45, 7) is 5.10. The number of nitrogens with zero attached hydrogens (tertiary/aromatic N) is 2. The van der Waals surface area contributed by atoms with E-state index in [1.165, 1.54) is 0 Å². The van der Waals surface area contributed by atoms with Gasteiger partial charge in [-0.2, -0.15) is 0 Å². The minimum atomic E-state index is -0.326. The molecule has 2 aliphatic heterocycles. The number of carbonyl (C=O) groups excluding carboxylic acids is 2. The molecule has 6 heteroatoms. The standard InChI is InChI=1S/C29H33N3O3/c1-4-29(28(34)30-2)15-8-16-32(19-29)17-20-13-14-26(35-20)23-10-6-5-9-21(23)22-11-7-12-24-25(22)18-31(3)27(24)33/h5-7,9-14H,4,8,15-19H2,1-3H3,(H,30,34). The molecule has 2 aromatic carbocycles. The van der Waals surface area contributed by atoms with Crippen LogP contribution in [0, 0.1) is 5.41 Å². The monoisotopic (exact) mass is 471 g/mol. The molecule has 0 bridgehead atoms. The van der Waals surface area contributed by atoms with Gasteiger partial charge in [0, 0.05) is 38.3 Å². The van der Waals surface area contributed by atoms with Crippen LogP contribution in [0.15, 0.2) is 59.0 Å². The third kappa shape index (κ3) is 4.16. The van der Waals surface area contributed by atoms with Gasteiger partial charge in [-0.25, -0.2) is 0 Å². The van der Waals surface area contributed by atoms with E-state index in [4.69, 9.17) is 4.42 Å². The molecule has 0 saturated carbocycles. The van der Waals surface area contributed by atoms with Gasteiger partial charge in [0.1, 0.15) is 11.5 Å². The SMILES string of the molecule is CCC1(C(=O)NC)CCCN(Cc2ccc(-c3ccccc3-c3cccc4c3CN(C)C4=O)o2)C1. The molecule has 2 amide bonds. The number of rotatable bonds is 6. The van der Waals surface area contributed by atoms with E-state index in [-0.39, 0.29) is 17.2 Å². The maximum atomic E-state index is 12.6. The normalized spacial score (nSPS) is 20.2. The molecule has 1 saturated heterocycles. The minimum absolute atomic E-state index is 0.0704. The number of benzene rings is 2. The zero-order chi connectivity index (χ0) is 24.6. The van der Waals surface area contributed by atoms with Crippen LogP contribution in [0.25, 0.3) is 22.5 Å². The topological polar surface area (TPSA) is 65.8 Å². The van der Waals surface area contributed by atoms with Gasteiger partial charge in [0.25, 0.3) is 5.91 Å². The van der Waals surface area contributed by atoms with Crippen LogP contribution in [0.1, 0.15) is 47.9 Å². The molecule has 1 atom stereocenters.